The lowest BCUT2D eigenvalue weighted by Crippen LogP contribution is -2.13. The topological polar surface area (TPSA) is 21.3 Å². The minimum Gasteiger partial charge on any atom is -0.489 e. The Balaban J connectivity index is 1.99. The molecule has 0 saturated heterocycles. The molecule has 0 aliphatic rings. The molecule has 2 aromatic rings. The summed E-state index contributed by atoms with van der Waals surface area (Å²) in [6.07, 6.45) is -1.01. The van der Waals surface area contributed by atoms with E-state index in [-0.39, 0.29) is 0 Å². The second kappa shape index (κ2) is 6.90. The van der Waals surface area contributed by atoms with Gasteiger partial charge >= 0.3 is 0 Å². The van der Waals surface area contributed by atoms with Gasteiger partial charge in [-0.25, -0.2) is 4.39 Å². The Morgan fingerprint density at radius 2 is 1.89 bits per heavy atom. The normalized spacial score (nSPS) is 12.1. The highest BCUT2D eigenvalue weighted by Gasteiger charge is 2.09. The van der Waals surface area contributed by atoms with Gasteiger partial charge in [-0.05, 0) is 30.3 Å². The Morgan fingerprint density at radius 3 is 2.63 bits per heavy atom. The first-order valence-electron chi connectivity index (χ1n) is 6.35. The molecule has 0 aliphatic heterocycles. The van der Waals surface area contributed by atoms with Crippen molar-refractivity contribution in [2.24, 2.45) is 0 Å². The van der Waals surface area contributed by atoms with Crippen LogP contribution in [0.25, 0.3) is 0 Å². The van der Waals surface area contributed by atoms with Gasteiger partial charge in [0, 0.05) is 6.54 Å². The van der Waals surface area contributed by atoms with Gasteiger partial charge in [0.05, 0.1) is 0 Å². The van der Waals surface area contributed by atoms with Crippen molar-refractivity contribution in [1.29, 1.82) is 0 Å². The number of alkyl halides is 1. The molecule has 1 atom stereocenters. The van der Waals surface area contributed by atoms with E-state index in [4.69, 9.17) is 4.74 Å². The highest BCUT2D eigenvalue weighted by molar-refractivity contribution is 5.30. The maximum absolute atomic E-state index is 13.8. The van der Waals surface area contributed by atoms with Crippen molar-refractivity contribution in [2.75, 3.05) is 13.6 Å². The number of benzene rings is 2. The van der Waals surface area contributed by atoms with Crippen molar-refractivity contribution in [3.63, 3.8) is 0 Å². The van der Waals surface area contributed by atoms with Crippen molar-refractivity contribution in [1.82, 2.24) is 5.32 Å². The molecule has 0 spiro atoms. The van der Waals surface area contributed by atoms with Crippen LogP contribution in [-0.2, 0) is 6.61 Å². The molecule has 19 heavy (non-hydrogen) atoms. The van der Waals surface area contributed by atoms with Gasteiger partial charge in [-0.1, -0.05) is 42.5 Å². The minimum absolute atomic E-state index is 0.308. The average Bonchev–Trinajstić information content (AvgIpc) is 2.47. The van der Waals surface area contributed by atoms with Crippen LogP contribution < -0.4 is 10.1 Å². The highest BCUT2D eigenvalue weighted by atomic mass is 19.1. The third-order valence-electron chi connectivity index (χ3n) is 2.85. The van der Waals surface area contributed by atoms with Crippen molar-refractivity contribution in [3.05, 3.63) is 65.7 Å². The summed E-state index contributed by atoms with van der Waals surface area (Å²) in [7, 11) is 1.74. The van der Waals surface area contributed by atoms with Crippen molar-refractivity contribution in [2.45, 2.75) is 12.8 Å². The van der Waals surface area contributed by atoms with E-state index in [0.29, 0.717) is 24.5 Å². The zero-order valence-electron chi connectivity index (χ0n) is 11.0. The summed E-state index contributed by atoms with van der Waals surface area (Å²) in [5, 5.41) is 2.83. The van der Waals surface area contributed by atoms with Gasteiger partial charge in [-0.15, -0.1) is 0 Å². The molecule has 1 N–H and O–H groups in total. The zero-order valence-corrected chi connectivity index (χ0v) is 11.0. The van der Waals surface area contributed by atoms with Gasteiger partial charge in [-0.3, -0.25) is 0 Å². The molecular weight excluding hydrogens is 241 g/mol. The summed E-state index contributed by atoms with van der Waals surface area (Å²) in [6.45, 7) is 0.801. The van der Waals surface area contributed by atoms with Gasteiger partial charge in [-0.2, -0.15) is 0 Å². The Hall–Kier alpha value is -1.87. The lowest BCUT2D eigenvalue weighted by atomic mass is 10.1. The van der Waals surface area contributed by atoms with Crippen LogP contribution in [-0.4, -0.2) is 13.6 Å². The Labute approximate surface area is 113 Å². The number of likely N-dealkylation sites (N-methyl/N-ethyl adjacent to an activating group) is 1. The molecule has 0 amide bonds. The van der Waals surface area contributed by atoms with E-state index < -0.39 is 6.17 Å². The molecular formula is C16H18FNO. The lowest BCUT2D eigenvalue weighted by molar-refractivity contribution is 0.301. The van der Waals surface area contributed by atoms with E-state index >= 15 is 0 Å². The second-order valence-corrected chi connectivity index (χ2v) is 4.37. The maximum Gasteiger partial charge on any atom is 0.138 e. The molecule has 0 fully saturated rings. The number of hydrogen-bond acceptors (Lipinski definition) is 2. The summed E-state index contributed by atoms with van der Waals surface area (Å²) in [5.41, 5.74) is 1.74. The fourth-order valence-corrected chi connectivity index (χ4v) is 1.84. The van der Waals surface area contributed by atoms with E-state index in [1.807, 2.05) is 42.5 Å². The largest absolute Gasteiger partial charge is 0.489 e. The minimum atomic E-state index is -1.01. The number of nitrogens with one attached hydrogen (secondary N) is 1. The maximum atomic E-state index is 13.8. The van der Waals surface area contributed by atoms with Gasteiger partial charge in [0.15, 0.2) is 0 Å². The summed E-state index contributed by atoms with van der Waals surface area (Å²) in [5.74, 6) is 0.695. The smallest absolute Gasteiger partial charge is 0.138 e. The first-order chi connectivity index (χ1) is 9.29. The van der Waals surface area contributed by atoms with E-state index in [9.17, 15) is 4.39 Å². The predicted octanol–water partition coefficient (Wildman–Crippen LogP) is 3.50. The van der Waals surface area contributed by atoms with Gasteiger partial charge in [0.25, 0.3) is 0 Å². The summed E-state index contributed by atoms with van der Waals surface area (Å²) < 4.78 is 19.4. The first kappa shape index (κ1) is 13.6. The van der Waals surface area contributed by atoms with Crippen LogP contribution in [0.5, 0.6) is 5.75 Å². The molecule has 0 aromatic heterocycles. The molecule has 1 unspecified atom stereocenters. The fourth-order valence-electron chi connectivity index (χ4n) is 1.84. The quantitative estimate of drug-likeness (QED) is 0.857. The first-order valence-corrected chi connectivity index (χ1v) is 6.35. The molecule has 2 aromatic carbocycles. The number of halogens is 1. The van der Waals surface area contributed by atoms with Gasteiger partial charge in [0.1, 0.15) is 18.5 Å². The molecule has 0 aliphatic carbocycles. The van der Waals surface area contributed by atoms with Crippen LogP contribution in [0, 0.1) is 0 Å². The van der Waals surface area contributed by atoms with E-state index in [1.54, 1.807) is 19.2 Å². The van der Waals surface area contributed by atoms with Crippen LogP contribution in [0.15, 0.2) is 54.6 Å². The van der Waals surface area contributed by atoms with Crippen molar-refractivity contribution < 1.29 is 9.13 Å². The van der Waals surface area contributed by atoms with Gasteiger partial charge < -0.3 is 10.1 Å². The Bertz CT molecular complexity index is 501. The molecule has 3 heteroatoms. The molecule has 0 heterocycles. The molecule has 0 bridgehead atoms. The van der Waals surface area contributed by atoms with Crippen LogP contribution in [0.1, 0.15) is 17.3 Å². The molecule has 0 radical (unpaired) electrons. The van der Waals surface area contributed by atoms with Crippen LogP contribution in [0.3, 0.4) is 0 Å². The van der Waals surface area contributed by atoms with Gasteiger partial charge in [0.2, 0.25) is 0 Å². The summed E-state index contributed by atoms with van der Waals surface area (Å²) >= 11 is 0. The number of hydrogen-bond donors (Lipinski definition) is 1. The molecule has 2 rings (SSSR count). The van der Waals surface area contributed by atoms with E-state index in [2.05, 4.69) is 5.32 Å². The van der Waals surface area contributed by atoms with Crippen LogP contribution in [0.4, 0.5) is 4.39 Å². The molecule has 0 saturated carbocycles. The van der Waals surface area contributed by atoms with Crippen LogP contribution in [0.2, 0.25) is 0 Å². The predicted molar refractivity (Wildman–Crippen MR) is 75.0 cm³/mol. The third kappa shape index (κ3) is 4.07. The lowest BCUT2D eigenvalue weighted by Gasteiger charge is -2.11. The van der Waals surface area contributed by atoms with Crippen LogP contribution >= 0.6 is 0 Å². The second-order valence-electron chi connectivity index (χ2n) is 4.37. The van der Waals surface area contributed by atoms with E-state index in [0.717, 1.165) is 5.56 Å². The highest BCUT2D eigenvalue weighted by Crippen LogP contribution is 2.22. The SMILES string of the molecule is CNCC(F)c1cccc(OCc2ccccc2)c1. The van der Waals surface area contributed by atoms with Crippen molar-refractivity contribution in [3.8, 4) is 5.75 Å². The average molecular weight is 259 g/mol. The summed E-state index contributed by atoms with van der Waals surface area (Å²) in [4.78, 5) is 0. The summed E-state index contributed by atoms with van der Waals surface area (Å²) in [6, 6.07) is 17.1. The fraction of sp³-hybridized carbons (Fsp3) is 0.250. The number of rotatable bonds is 6. The Morgan fingerprint density at radius 1 is 1.11 bits per heavy atom. The standard InChI is InChI=1S/C16H18FNO/c1-18-11-16(17)14-8-5-9-15(10-14)19-12-13-6-3-2-4-7-13/h2-10,16,18H,11-12H2,1H3. The van der Waals surface area contributed by atoms with E-state index in [1.165, 1.54) is 0 Å². The third-order valence-corrected chi connectivity index (χ3v) is 2.85. The zero-order chi connectivity index (χ0) is 13.5. The number of ether oxygens (including phenoxy) is 1. The van der Waals surface area contributed by atoms with Crippen molar-refractivity contribution >= 4 is 0 Å². The molecule has 100 valence electrons. The Kier molecular flexibility index (Phi) is 4.93. The molecule has 2 nitrogen and oxygen atoms in total. The monoisotopic (exact) mass is 259 g/mol.